The molecule has 0 radical (unpaired) electrons. The second-order valence-electron chi connectivity index (χ2n) is 15.2. The first-order chi connectivity index (χ1) is 32.1. The van der Waals surface area contributed by atoms with Gasteiger partial charge in [-0.05, 0) is 79.9 Å². The zero-order chi connectivity index (χ0) is 46.7. The van der Waals surface area contributed by atoms with Gasteiger partial charge in [-0.2, -0.15) is 10.5 Å². The van der Waals surface area contributed by atoms with Gasteiger partial charge in [0.2, 0.25) is 0 Å². The molecule has 0 aliphatic heterocycles. The van der Waals surface area contributed by atoms with Gasteiger partial charge in [0.15, 0.2) is 0 Å². The second-order valence-corrected chi connectivity index (χ2v) is 16.0. The molecule has 0 unspecified atom stereocenters. The molecule has 3 aromatic carbocycles. The number of halogens is 2. The molecule has 0 saturated carbocycles. The minimum atomic E-state index is -0.857. The van der Waals surface area contributed by atoms with E-state index < -0.39 is 5.97 Å². The molecule has 0 saturated heterocycles. The van der Waals surface area contributed by atoms with Gasteiger partial charge in [-0.1, -0.05) is 41.4 Å². The Morgan fingerprint density at radius 3 is 1.73 bits per heavy atom. The Morgan fingerprint density at radius 1 is 0.667 bits per heavy atom. The number of aromatic nitrogens is 3. The highest BCUT2D eigenvalue weighted by molar-refractivity contribution is 6.32. The molecule has 6 aromatic rings. The number of carboxylic acid groups (broad SMARTS) is 1. The van der Waals surface area contributed by atoms with Gasteiger partial charge in [0.25, 0.3) is 0 Å². The predicted octanol–water partition coefficient (Wildman–Crippen LogP) is 9.24. The van der Waals surface area contributed by atoms with Crippen LogP contribution in [0.5, 0.6) is 23.0 Å². The van der Waals surface area contributed by atoms with Crippen molar-refractivity contribution >= 4 is 35.5 Å². The van der Waals surface area contributed by atoms with Gasteiger partial charge < -0.3 is 39.5 Å². The van der Waals surface area contributed by atoms with Crippen LogP contribution in [0, 0.1) is 29.6 Å². The van der Waals surface area contributed by atoms with Crippen LogP contribution in [0.2, 0.25) is 10.0 Å². The minimum Gasteiger partial charge on any atom is -0.488 e. The van der Waals surface area contributed by atoms with Gasteiger partial charge in [-0.15, -0.1) is 0 Å². The van der Waals surface area contributed by atoms with Crippen LogP contribution in [0.15, 0.2) is 97.8 Å². The van der Waals surface area contributed by atoms with E-state index in [4.69, 9.17) is 47.3 Å². The lowest BCUT2D eigenvalue weighted by atomic mass is 9.97. The molecule has 0 fully saturated rings. The topological polar surface area (TPSA) is 202 Å². The fourth-order valence-electron chi connectivity index (χ4n) is 6.80. The maximum absolute atomic E-state index is 11.0. The van der Waals surface area contributed by atoms with E-state index in [0.717, 1.165) is 50.8 Å². The third-order valence-electron chi connectivity index (χ3n) is 10.2. The van der Waals surface area contributed by atoms with Crippen molar-refractivity contribution in [3.63, 3.8) is 0 Å². The van der Waals surface area contributed by atoms with Crippen molar-refractivity contribution in [2.75, 3.05) is 13.1 Å². The highest BCUT2D eigenvalue weighted by Gasteiger charge is 2.16. The first-order valence-corrected chi connectivity index (χ1v) is 21.8. The SMILES string of the molecule is Cc1c(COc2cc(OCc3cncc(C#N)c3)c(CNCCCC=O)cc2Cl)cccc1-c1cncc(COc2cc(OCc3cncc(C#N)c3)c(CNCCCC(=O)O)cc2Cl)c1. The Morgan fingerprint density at radius 2 is 1.18 bits per heavy atom. The maximum Gasteiger partial charge on any atom is 0.303 e. The van der Waals surface area contributed by atoms with Crippen molar-refractivity contribution in [1.29, 1.82) is 10.5 Å². The molecular formula is C50H47Cl2N7O7. The number of nitriles is 2. The highest BCUT2D eigenvalue weighted by Crippen LogP contribution is 2.36. The predicted molar refractivity (Wildman–Crippen MR) is 248 cm³/mol. The number of unbranched alkanes of at least 4 members (excludes halogenated alkanes) is 1. The van der Waals surface area contributed by atoms with E-state index in [1.807, 2.05) is 31.2 Å². The molecular weight excluding hydrogens is 881 g/mol. The monoisotopic (exact) mass is 927 g/mol. The van der Waals surface area contributed by atoms with Crippen LogP contribution < -0.4 is 29.6 Å². The van der Waals surface area contributed by atoms with E-state index in [2.05, 4.69) is 37.7 Å². The smallest absolute Gasteiger partial charge is 0.303 e. The zero-order valence-corrected chi connectivity index (χ0v) is 37.7. The van der Waals surface area contributed by atoms with Gasteiger partial charge in [0.1, 0.15) is 67.9 Å². The van der Waals surface area contributed by atoms with Crippen molar-refractivity contribution < 1.29 is 33.6 Å². The molecule has 0 amide bonds. The molecule has 338 valence electrons. The number of pyridine rings is 3. The van der Waals surface area contributed by atoms with Crippen LogP contribution in [-0.4, -0.2) is 45.4 Å². The third kappa shape index (κ3) is 14.2. The Balaban J connectivity index is 1.15. The molecule has 3 heterocycles. The molecule has 3 N–H and O–H groups in total. The Bertz CT molecular complexity index is 2720. The van der Waals surface area contributed by atoms with Crippen LogP contribution in [-0.2, 0) is 49.1 Å². The van der Waals surface area contributed by atoms with E-state index in [-0.39, 0.29) is 32.8 Å². The Labute approximate surface area is 393 Å². The summed E-state index contributed by atoms with van der Waals surface area (Å²) in [6, 6.07) is 22.6. The van der Waals surface area contributed by atoms with Gasteiger partial charge >= 0.3 is 5.97 Å². The fraction of sp³-hybridized carbons (Fsp3) is 0.260. The number of aliphatic carboxylic acids is 1. The molecule has 0 aliphatic carbocycles. The number of carboxylic acids is 1. The maximum atomic E-state index is 11.0. The van der Waals surface area contributed by atoms with Crippen molar-refractivity contribution in [1.82, 2.24) is 25.6 Å². The van der Waals surface area contributed by atoms with Crippen LogP contribution in [0.1, 0.15) is 75.8 Å². The number of hydrogen-bond donors (Lipinski definition) is 3. The summed E-state index contributed by atoms with van der Waals surface area (Å²) in [5.74, 6) is 1.02. The number of rotatable bonds is 25. The van der Waals surface area contributed by atoms with Crippen LogP contribution in [0.25, 0.3) is 11.1 Å². The largest absolute Gasteiger partial charge is 0.488 e. The average Bonchev–Trinajstić information content (AvgIpc) is 3.33. The molecule has 14 nitrogen and oxygen atoms in total. The lowest BCUT2D eigenvalue weighted by molar-refractivity contribution is -0.137. The average molecular weight is 929 g/mol. The second kappa shape index (κ2) is 24.8. The van der Waals surface area contributed by atoms with E-state index in [0.29, 0.717) is 95.2 Å². The molecule has 0 spiro atoms. The van der Waals surface area contributed by atoms with E-state index >= 15 is 0 Å². The molecule has 0 bridgehead atoms. The quantitative estimate of drug-likeness (QED) is 0.0362. The molecule has 0 aliphatic rings. The minimum absolute atomic E-state index is 0.0525. The highest BCUT2D eigenvalue weighted by atomic mass is 35.5. The number of aldehydes is 1. The summed E-state index contributed by atoms with van der Waals surface area (Å²) < 4.78 is 25.1. The van der Waals surface area contributed by atoms with Crippen molar-refractivity contribution in [3.8, 4) is 46.3 Å². The van der Waals surface area contributed by atoms with E-state index in [1.54, 1.807) is 61.2 Å². The summed E-state index contributed by atoms with van der Waals surface area (Å²) >= 11 is 13.6. The number of nitrogens with zero attached hydrogens (tertiary/aromatic N) is 5. The Kier molecular flexibility index (Phi) is 18.2. The number of hydrogen-bond acceptors (Lipinski definition) is 13. The molecule has 3 aromatic heterocycles. The van der Waals surface area contributed by atoms with Crippen molar-refractivity contribution in [2.24, 2.45) is 0 Å². The van der Waals surface area contributed by atoms with Crippen LogP contribution in [0.3, 0.4) is 0 Å². The van der Waals surface area contributed by atoms with Gasteiger partial charge in [-0.3, -0.25) is 19.7 Å². The molecule has 66 heavy (non-hydrogen) atoms. The first kappa shape index (κ1) is 48.4. The standard InChI is InChI=1S/C50H47Cl2N7O7/c1-33-39(32-66-49-18-47(64-30-37-13-35(20-54)22-58-24-37)41(16-45(49)52)27-55-9-2-3-11-60)6-4-7-43(33)40-14-38(25-59-26-40)31-65-48-17-46(63-29-36-12-34(19-53)21-57-23-36)42(15-44(48)51)28-56-10-5-8-50(61)62/h4,6-7,11-18,21-26,55-56H,2-3,5,8-10,27-32H2,1H3,(H,61,62). The summed E-state index contributed by atoms with van der Waals surface area (Å²) in [4.78, 5) is 34.6. The van der Waals surface area contributed by atoms with Gasteiger partial charge in [0, 0.05) is 109 Å². The van der Waals surface area contributed by atoms with Crippen LogP contribution in [0.4, 0.5) is 0 Å². The summed E-state index contributed by atoms with van der Waals surface area (Å²) in [6.45, 7) is 4.64. The van der Waals surface area contributed by atoms with Crippen molar-refractivity contribution in [3.05, 3.63) is 158 Å². The van der Waals surface area contributed by atoms with E-state index in [9.17, 15) is 20.1 Å². The lowest BCUT2D eigenvalue weighted by Crippen LogP contribution is -2.16. The molecule has 16 heteroatoms. The van der Waals surface area contributed by atoms with Gasteiger partial charge in [0.05, 0.1) is 21.2 Å². The third-order valence-corrected chi connectivity index (χ3v) is 10.8. The number of carbonyl (C=O) groups is 2. The molecule has 6 rings (SSSR count). The first-order valence-electron chi connectivity index (χ1n) is 21.1. The van der Waals surface area contributed by atoms with Crippen molar-refractivity contribution in [2.45, 2.75) is 72.1 Å². The number of ether oxygens (including phenoxy) is 4. The molecule has 0 atom stereocenters. The zero-order valence-electron chi connectivity index (χ0n) is 36.2. The number of carbonyl (C=O) groups excluding carboxylic acids is 1. The summed E-state index contributed by atoms with van der Waals surface area (Å²) in [6.07, 6.45) is 12.3. The number of nitrogens with one attached hydrogen (secondary N) is 2. The normalized spacial score (nSPS) is 10.7. The number of benzene rings is 3. The fourth-order valence-corrected chi connectivity index (χ4v) is 7.28. The summed E-state index contributed by atoms with van der Waals surface area (Å²) in [7, 11) is 0. The van der Waals surface area contributed by atoms with E-state index in [1.165, 1.54) is 12.4 Å². The van der Waals surface area contributed by atoms with Crippen LogP contribution >= 0.6 is 23.2 Å². The lowest BCUT2D eigenvalue weighted by Gasteiger charge is -2.17. The Hall–Kier alpha value is -7.07. The summed E-state index contributed by atoms with van der Waals surface area (Å²) in [5.41, 5.74) is 8.38. The van der Waals surface area contributed by atoms with Gasteiger partial charge in [-0.25, -0.2) is 0 Å². The summed E-state index contributed by atoms with van der Waals surface area (Å²) in [5, 5.41) is 35.0.